The SMILES string of the molecule is CCCNC(CC)C(C)c1cncc2nnnn12. The highest BCUT2D eigenvalue weighted by Crippen LogP contribution is 2.20. The van der Waals surface area contributed by atoms with Crippen molar-refractivity contribution in [1.29, 1.82) is 0 Å². The fourth-order valence-electron chi connectivity index (χ4n) is 2.21. The molecule has 98 valence electrons. The Bertz CT molecular complexity index is 494. The molecule has 1 N–H and O–H groups in total. The number of hydrogen-bond donors (Lipinski definition) is 1. The molecule has 2 heterocycles. The summed E-state index contributed by atoms with van der Waals surface area (Å²) in [5, 5.41) is 15.2. The summed E-state index contributed by atoms with van der Waals surface area (Å²) in [5.41, 5.74) is 1.75. The lowest BCUT2D eigenvalue weighted by Crippen LogP contribution is -2.34. The normalized spacial score (nSPS) is 14.8. The molecule has 0 spiro atoms. The maximum atomic E-state index is 4.21. The van der Waals surface area contributed by atoms with Crippen molar-refractivity contribution in [2.24, 2.45) is 0 Å². The van der Waals surface area contributed by atoms with E-state index < -0.39 is 0 Å². The summed E-state index contributed by atoms with van der Waals surface area (Å²) in [7, 11) is 0. The van der Waals surface area contributed by atoms with E-state index in [2.05, 4.69) is 46.6 Å². The van der Waals surface area contributed by atoms with Crippen molar-refractivity contribution in [2.45, 2.75) is 45.6 Å². The van der Waals surface area contributed by atoms with Crippen LogP contribution in [0.4, 0.5) is 0 Å². The highest BCUT2D eigenvalue weighted by atomic mass is 15.5. The van der Waals surface area contributed by atoms with Crippen molar-refractivity contribution in [3.8, 4) is 0 Å². The van der Waals surface area contributed by atoms with Crippen LogP contribution in [0, 0.1) is 0 Å². The first-order valence-corrected chi connectivity index (χ1v) is 6.53. The zero-order chi connectivity index (χ0) is 13.0. The minimum Gasteiger partial charge on any atom is -0.313 e. The van der Waals surface area contributed by atoms with Gasteiger partial charge in [-0.3, -0.25) is 4.98 Å². The zero-order valence-corrected chi connectivity index (χ0v) is 11.2. The number of tetrazole rings is 1. The van der Waals surface area contributed by atoms with Gasteiger partial charge < -0.3 is 5.32 Å². The monoisotopic (exact) mass is 248 g/mol. The fraction of sp³-hybridized carbons (Fsp3) is 0.667. The fourth-order valence-corrected chi connectivity index (χ4v) is 2.21. The Morgan fingerprint density at radius 2 is 2.17 bits per heavy atom. The van der Waals surface area contributed by atoms with Crippen molar-refractivity contribution in [1.82, 2.24) is 30.3 Å². The Hall–Kier alpha value is -1.56. The molecule has 0 aromatic carbocycles. The van der Waals surface area contributed by atoms with E-state index in [1.807, 2.05) is 6.20 Å². The zero-order valence-electron chi connectivity index (χ0n) is 11.2. The van der Waals surface area contributed by atoms with E-state index in [0.29, 0.717) is 17.6 Å². The molecule has 18 heavy (non-hydrogen) atoms. The van der Waals surface area contributed by atoms with Crippen LogP contribution in [0.2, 0.25) is 0 Å². The molecule has 2 aromatic heterocycles. The Labute approximate surface area is 107 Å². The number of nitrogens with zero attached hydrogens (tertiary/aromatic N) is 5. The molecule has 2 unspecified atom stereocenters. The van der Waals surface area contributed by atoms with Crippen LogP contribution in [0.25, 0.3) is 5.65 Å². The van der Waals surface area contributed by atoms with Crippen LogP contribution in [-0.4, -0.2) is 37.6 Å². The Balaban J connectivity index is 2.25. The molecule has 0 radical (unpaired) electrons. The van der Waals surface area contributed by atoms with Gasteiger partial charge in [-0.2, -0.15) is 4.52 Å². The highest BCUT2D eigenvalue weighted by molar-refractivity contribution is 5.33. The van der Waals surface area contributed by atoms with E-state index in [9.17, 15) is 0 Å². The first-order valence-electron chi connectivity index (χ1n) is 6.53. The van der Waals surface area contributed by atoms with Crippen molar-refractivity contribution < 1.29 is 0 Å². The second-order valence-corrected chi connectivity index (χ2v) is 4.54. The number of aromatic nitrogens is 5. The average Bonchev–Trinajstić information content (AvgIpc) is 2.87. The second kappa shape index (κ2) is 5.86. The van der Waals surface area contributed by atoms with Crippen LogP contribution in [0.1, 0.15) is 45.2 Å². The molecule has 6 heteroatoms. The van der Waals surface area contributed by atoms with Gasteiger partial charge >= 0.3 is 0 Å². The van der Waals surface area contributed by atoms with Crippen LogP contribution in [0.5, 0.6) is 0 Å². The summed E-state index contributed by atoms with van der Waals surface area (Å²) in [6.07, 6.45) is 5.73. The summed E-state index contributed by atoms with van der Waals surface area (Å²) in [4.78, 5) is 4.21. The Morgan fingerprint density at radius 3 is 2.89 bits per heavy atom. The molecular weight excluding hydrogens is 228 g/mol. The molecule has 0 saturated carbocycles. The smallest absolute Gasteiger partial charge is 0.197 e. The van der Waals surface area contributed by atoms with Crippen molar-refractivity contribution in [3.05, 3.63) is 18.1 Å². The standard InChI is InChI=1S/C12H20N6/c1-4-6-14-10(5-2)9(3)11-7-13-8-12-15-16-17-18(11)12/h7-10,14H,4-6H2,1-3H3. The van der Waals surface area contributed by atoms with Gasteiger partial charge in [-0.1, -0.05) is 20.8 Å². The van der Waals surface area contributed by atoms with Crippen molar-refractivity contribution in [3.63, 3.8) is 0 Å². The molecule has 0 bridgehead atoms. The van der Waals surface area contributed by atoms with E-state index in [0.717, 1.165) is 25.1 Å². The van der Waals surface area contributed by atoms with Gasteiger partial charge in [-0.05, 0) is 29.8 Å². The molecule has 6 nitrogen and oxygen atoms in total. The van der Waals surface area contributed by atoms with Gasteiger partial charge in [0.2, 0.25) is 0 Å². The first kappa shape index (κ1) is 12.9. The summed E-state index contributed by atoms with van der Waals surface area (Å²) in [5.74, 6) is 0.321. The van der Waals surface area contributed by atoms with E-state index in [4.69, 9.17) is 0 Å². The van der Waals surface area contributed by atoms with Crippen LogP contribution in [0.15, 0.2) is 12.4 Å². The molecule has 0 aliphatic rings. The first-order chi connectivity index (χ1) is 8.77. The average molecular weight is 248 g/mol. The maximum absolute atomic E-state index is 4.21. The van der Waals surface area contributed by atoms with Gasteiger partial charge in [-0.25, -0.2) is 0 Å². The van der Waals surface area contributed by atoms with Gasteiger partial charge in [-0.15, -0.1) is 5.10 Å². The number of hydrogen-bond acceptors (Lipinski definition) is 5. The summed E-state index contributed by atoms with van der Waals surface area (Å²) in [6.45, 7) is 7.59. The molecule has 0 fully saturated rings. The molecule has 2 rings (SSSR count). The minimum atomic E-state index is 0.321. The highest BCUT2D eigenvalue weighted by Gasteiger charge is 2.20. The van der Waals surface area contributed by atoms with E-state index in [1.165, 1.54) is 0 Å². The van der Waals surface area contributed by atoms with Crippen molar-refractivity contribution in [2.75, 3.05) is 6.54 Å². The van der Waals surface area contributed by atoms with E-state index >= 15 is 0 Å². The van der Waals surface area contributed by atoms with Gasteiger partial charge in [0.05, 0.1) is 11.9 Å². The third-order valence-corrected chi connectivity index (χ3v) is 3.30. The molecular formula is C12H20N6. The van der Waals surface area contributed by atoms with Gasteiger partial charge in [0.15, 0.2) is 5.65 Å². The van der Waals surface area contributed by atoms with Crippen LogP contribution >= 0.6 is 0 Å². The second-order valence-electron chi connectivity index (χ2n) is 4.54. The molecule has 2 aromatic rings. The van der Waals surface area contributed by atoms with Crippen LogP contribution in [0.3, 0.4) is 0 Å². The molecule has 0 saturated heterocycles. The van der Waals surface area contributed by atoms with E-state index in [-0.39, 0.29) is 0 Å². The Kier molecular flexibility index (Phi) is 4.19. The van der Waals surface area contributed by atoms with Crippen molar-refractivity contribution >= 4 is 5.65 Å². The number of fused-ring (bicyclic) bond motifs is 1. The van der Waals surface area contributed by atoms with Crippen LogP contribution in [-0.2, 0) is 0 Å². The van der Waals surface area contributed by atoms with Crippen LogP contribution < -0.4 is 5.32 Å². The maximum Gasteiger partial charge on any atom is 0.197 e. The molecule has 0 amide bonds. The topological polar surface area (TPSA) is 68.0 Å². The van der Waals surface area contributed by atoms with Gasteiger partial charge in [0.25, 0.3) is 0 Å². The number of rotatable bonds is 6. The summed E-state index contributed by atoms with van der Waals surface area (Å²) >= 11 is 0. The van der Waals surface area contributed by atoms with E-state index in [1.54, 1.807) is 10.7 Å². The predicted octanol–water partition coefficient (Wildman–Crippen LogP) is 1.40. The Morgan fingerprint density at radius 1 is 1.33 bits per heavy atom. The summed E-state index contributed by atoms with van der Waals surface area (Å²) < 4.78 is 1.77. The van der Waals surface area contributed by atoms with Gasteiger partial charge in [0.1, 0.15) is 0 Å². The third kappa shape index (κ3) is 2.48. The molecule has 2 atom stereocenters. The largest absolute Gasteiger partial charge is 0.313 e. The minimum absolute atomic E-state index is 0.321. The predicted molar refractivity (Wildman–Crippen MR) is 69.4 cm³/mol. The third-order valence-electron chi connectivity index (χ3n) is 3.30. The lowest BCUT2D eigenvalue weighted by Gasteiger charge is -2.24. The lowest BCUT2D eigenvalue weighted by atomic mass is 9.96. The molecule has 0 aliphatic heterocycles. The lowest BCUT2D eigenvalue weighted by molar-refractivity contribution is 0.426. The quantitative estimate of drug-likeness (QED) is 0.837. The summed E-state index contributed by atoms with van der Waals surface area (Å²) in [6, 6.07) is 0.418. The van der Waals surface area contributed by atoms with Gasteiger partial charge in [0, 0.05) is 18.2 Å². The molecule has 0 aliphatic carbocycles. The number of nitrogens with one attached hydrogen (secondary N) is 1.